The molecule has 0 aliphatic heterocycles. The molecule has 5 heterocycles. The van der Waals surface area contributed by atoms with Gasteiger partial charge in [0.2, 0.25) is 0 Å². The summed E-state index contributed by atoms with van der Waals surface area (Å²) in [7, 11) is 0. The molecule has 7 aliphatic carbocycles. The third kappa shape index (κ3) is 13.2. The predicted molar refractivity (Wildman–Crippen MR) is 468 cm³/mol. The van der Waals surface area contributed by atoms with Gasteiger partial charge in [-0.2, -0.15) is 26.3 Å². The van der Waals surface area contributed by atoms with Gasteiger partial charge in [-0.05, 0) is 187 Å². The van der Waals surface area contributed by atoms with Crippen molar-refractivity contribution in [2.45, 2.75) is 65.6 Å². The molecule has 14 aromatic carbocycles. The van der Waals surface area contributed by atoms with Crippen LogP contribution in [0.2, 0.25) is 0 Å². The Kier molecular flexibility index (Phi) is 24.0. The zero-order valence-electron chi connectivity index (χ0n) is 67.2. The van der Waals surface area contributed by atoms with Gasteiger partial charge in [0.15, 0.2) is 5.41 Å². The van der Waals surface area contributed by atoms with E-state index in [-0.39, 0.29) is 149 Å². The van der Waals surface area contributed by atoms with Gasteiger partial charge in [0.25, 0.3) is 5.92 Å². The van der Waals surface area contributed by atoms with Gasteiger partial charge in [0.05, 0.1) is 0 Å². The maximum Gasteiger partial charge on any atom is 0.403 e. The molecule has 1 saturated carbocycles. The summed E-state index contributed by atoms with van der Waals surface area (Å²) in [6, 6.07) is 120. The summed E-state index contributed by atoms with van der Waals surface area (Å²) < 4.78 is 113. The number of aromatic nitrogens is 5. The van der Waals surface area contributed by atoms with Gasteiger partial charge in [-0.1, -0.05) is 224 Å². The third-order valence-electron chi connectivity index (χ3n) is 26.2. The monoisotopic (exact) mass is 2580 g/mol. The van der Waals surface area contributed by atoms with E-state index < -0.39 is 40.2 Å². The van der Waals surface area contributed by atoms with Crippen LogP contribution in [0.25, 0.3) is 121 Å². The summed E-state index contributed by atoms with van der Waals surface area (Å²) >= 11 is 0. The Labute approximate surface area is 805 Å². The molecule has 7 aliphatic rings. The topological polar surface area (TPSA) is 64.5 Å². The van der Waals surface area contributed by atoms with Crippen LogP contribution >= 0.6 is 0 Å². The number of nitrogens with zero attached hydrogens (tertiary/aromatic N) is 5. The molecule has 0 saturated heterocycles. The molecular formula is C110H66F8N5Pt5-5. The van der Waals surface area contributed by atoms with Crippen molar-refractivity contribution in [3.8, 4) is 67.4 Å². The molecule has 0 atom stereocenters. The predicted octanol–water partition coefficient (Wildman–Crippen LogP) is 27.2. The minimum Gasteiger partial charge on any atom is -0.304 e. The fraction of sp³-hybridized carbons (Fsp3) is 0.100. The van der Waals surface area contributed by atoms with Crippen molar-refractivity contribution in [1.29, 1.82) is 0 Å². The second kappa shape index (κ2) is 34.5. The fourth-order valence-electron chi connectivity index (χ4n) is 21.5. The van der Waals surface area contributed by atoms with Crippen LogP contribution in [0, 0.1) is 30.3 Å². The van der Waals surface area contributed by atoms with E-state index in [1.165, 1.54) is 173 Å². The van der Waals surface area contributed by atoms with Crippen molar-refractivity contribution in [2.24, 2.45) is 0 Å². The Balaban J connectivity index is 0.000000112. The number of benzene rings is 14. The van der Waals surface area contributed by atoms with Gasteiger partial charge < -0.3 is 24.9 Å². The molecule has 642 valence electrons. The van der Waals surface area contributed by atoms with Crippen LogP contribution in [-0.2, 0) is 133 Å². The van der Waals surface area contributed by atoms with Crippen LogP contribution in [0.5, 0.6) is 0 Å². The summed E-state index contributed by atoms with van der Waals surface area (Å²) in [4.78, 5) is 22.6. The quantitative estimate of drug-likeness (QED) is 0.127. The van der Waals surface area contributed by atoms with Crippen LogP contribution < -0.4 is 0 Å². The Hall–Kier alpha value is -11.0. The molecule has 26 rings (SSSR count). The van der Waals surface area contributed by atoms with Crippen LogP contribution in [0.1, 0.15) is 104 Å². The number of pyridine rings is 5. The number of alkyl halides is 8. The SMILES string of the molecule is FC(F)(F)C1(C(F)(F)F)c2ccc[c-]c2-c2nccc3cccc1c23.FC1(F)c2ccc[c-]c2-c2nccc3cccc1c23.[Pt].[Pt].[Pt].[Pt].[Pt].[c-]1cccc2c1-c1nccc3cccc(c13)C2(c1ccccc1)c1ccccc1.[c-]1cccc2c1-c1nccc3cccc(c13)C21CCCC1.[c-]1cccc2c1-c1nccc3cccc(c13)C21c2ccccc2-c2ccccc21. The first-order valence-corrected chi connectivity index (χ1v) is 40.9. The molecular weight excluding hydrogens is 2520 g/mol. The molecule has 1 fully saturated rings. The van der Waals surface area contributed by atoms with E-state index in [4.69, 9.17) is 15.0 Å². The fourth-order valence-corrected chi connectivity index (χ4v) is 21.5. The summed E-state index contributed by atoms with van der Waals surface area (Å²) in [5.74, 6) is -3.00. The van der Waals surface area contributed by atoms with Gasteiger partial charge in [-0.25, -0.2) is 8.78 Å². The molecule has 18 heteroatoms. The molecule has 2 spiro atoms. The van der Waals surface area contributed by atoms with Gasteiger partial charge in [-0.3, -0.25) is 0 Å². The van der Waals surface area contributed by atoms with Gasteiger partial charge >= 0.3 is 12.4 Å². The number of rotatable bonds is 2. The first kappa shape index (κ1) is 89.0. The second-order valence-electron chi connectivity index (χ2n) is 32.0. The average Bonchev–Trinajstić information content (AvgIpc) is 1.41. The molecule has 0 amide bonds. The molecule has 5 aromatic heterocycles. The first-order valence-electron chi connectivity index (χ1n) is 40.9. The first-order chi connectivity index (χ1) is 60.1. The normalized spacial score (nSPS) is 14.8. The third-order valence-corrected chi connectivity index (χ3v) is 26.2. The largest absolute Gasteiger partial charge is 0.403 e. The van der Waals surface area contributed by atoms with E-state index in [0.29, 0.717) is 16.6 Å². The molecule has 0 bridgehead atoms. The van der Waals surface area contributed by atoms with Crippen molar-refractivity contribution in [3.63, 3.8) is 0 Å². The van der Waals surface area contributed by atoms with Crippen molar-refractivity contribution in [1.82, 2.24) is 24.9 Å². The summed E-state index contributed by atoms with van der Waals surface area (Å²) in [5.41, 5.74) is 16.9. The Morgan fingerprint density at radius 1 is 0.242 bits per heavy atom. The zero-order chi connectivity index (χ0) is 83.2. The minimum atomic E-state index is -5.59. The molecule has 5 nitrogen and oxygen atoms in total. The van der Waals surface area contributed by atoms with Crippen molar-refractivity contribution in [2.75, 3.05) is 0 Å². The number of hydrogen-bond acceptors (Lipinski definition) is 5. The smallest absolute Gasteiger partial charge is 0.304 e. The van der Waals surface area contributed by atoms with E-state index in [0.717, 1.165) is 51.8 Å². The van der Waals surface area contributed by atoms with E-state index in [2.05, 4.69) is 259 Å². The van der Waals surface area contributed by atoms with Crippen LogP contribution in [0.15, 0.2) is 353 Å². The average molecular weight is 2590 g/mol. The van der Waals surface area contributed by atoms with Gasteiger partial charge in [0, 0.05) is 153 Å². The van der Waals surface area contributed by atoms with E-state index in [9.17, 15) is 35.1 Å². The van der Waals surface area contributed by atoms with Crippen LogP contribution in [0.4, 0.5) is 35.1 Å². The second-order valence-corrected chi connectivity index (χ2v) is 32.0. The Morgan fingerprint density at radius 2 is 0.523 bits per heavy atom. The zero-order valence-corrected chi connectivity index (χ0v) is 78.5. The Morgan fingerprint density at radius 3 is 0.938 bits per heavy atom. The standard InChI is InChI=1S/C28H16N.C28H18N.C20H16N.C18H8F6N.C16H8F2N.5Pt/c1-4-12-22-19(9-1)20-10-2-5-13-23(20)28(22)24-14-6-3-11-21(24)27-26-18(16-17-29-27)8-7-15-25(26)28;1-3-11-21(12-4-1)28(22-13-5-2-6-14-22)24-16-8-7-15-23(24)27-26-20(18-19-29-27)10-9-17-25(26)28;1-2-8-16-15(7-1)19-18-14(10-13-21-19)6-5-9-17(18)20(16)11-3-4-12-20;19-17(20,21)16(18(22,23)24)12-6-2-1-5-11(12)15-14-10(8-9-25-15)4-3-7-13(14)16;17-16(18)12-6-2-1-5-11(12)15-14-10(8-9-19-15)4-3-7-13(14)16;;;;;/h1-10,12-17H;1-14,16-19H;1-2,5-6,8-10,13H,3-4,11-12H2;1-4,6-9H;1-4,6-9H;;;;;/q5*-1;;;;;. The molecule has 128 heavy (non-hydrogen) atoms. The van der Waals surface area contributed by atoms with E-state index >= 15 is 0 Å². The summed E-state index contributed by atoms with van der Waals surface area (Å²) in [6.45, 7) is 0. The van der Waals surface area contributed by atoms with Crippen LogP contribution in [0.3, 0.4) is 0 Å². The molecule has 19 aromatic rings. The van der Waals surface area contributed by atoms with Crippen molar-refractivity contribution < 1.29 is 140 Å². The summed E-state index contributed by atoms with van der Waals surface area (Å²) in [6.07, 6.45) is 2.74. The molecule has 0 radical (unpaired) electrons. The van der Waals surface area contributed by atoms with Crippen molar-refractivity contribution in [3.05, 3.63) is 461 Å². The Bertz CT molecular complexity index is 7280. The number of halogens is 8. The number of hydrogen-bond donors (Lipinski definition) is 0. The molecule has 0 N–H and O–H groups in total. The number of fused-ring (bicyclic) bond motifs is 19. The van der Waals surface area contributed by atoms with E-state index in [1.807, 2.05) is 42.9 Å². The van der Waals surface area contributed by atoms with Crippen LogP contribution in [-0.4, -0.2) is 37.3 Å². The minimum absolute atomic E-state index is 0. The maximum absolute atomic E-state index is 14.6. The van der Waals surface area contributed by atoms with Gasteiger partial charge in [0.1, 0.15) is 0 Å². The summed E-state index contributed by atoms with van der Waals surface area (Å²) in [5, 5.41) is 9.02. The molecule has 0 unspecified atom stereocenters. The van der Waals surface area contributed by atoms with Gasteiger partial charge in [-0.15, -0.1) is 166 Å². The van der Waals surface area contributed by atoms with E-state index in [1.54, 1.807) is 30.5 Å². The van der Waals surface area contributed by atoms with Crippen molar-refractivity contribution >= 4 is 53.9 Å². The maximum atomic E-state index is 14.6.